The molecule has 2 amide bonds. The van der Waals surface area contributed by atoms with Gasteiger partial charge in [-0.05, 0) is 50.7 Å². The number of fused-ring (bicyclic) bond motifs is 1. The van der Waals surface area contributed by atoms with Gasteiger partial charge in [0.2, 0.25) is 11.8 Å². The van der Waals surface area contributed by atoms with E-state index in [4.69, 9.17) is 38.4 Å². The molecule has 2 aromatic carbocycles. The Balaban J connectivity index is 1.54. The minimum Gasteiger partial charge on any atom is -0.495 e. The van der Waals surface area contributed by atoms with E-state index in [9.17, 15) is 14.4 Å². The number of carbonyl (C=O) groups excluding carboxylic acids is 3. The molecule has 2 aliphatic heterocycles. The van der Waals surface area contributed by atoms with Gasteiger partial charge in [0.1, 0.15) is 16.8 Å². The second-order valence-corrected chi connectivity index (χ2v) is 11.6. The second kappa shape index (κ2) is 15.0. The van der Waals surface area contributed by atoms with Crippen molar-refractivity contribution in [1.82, 2.24) is 15.1 Å². The Labute approximate surface area is 257 Å². The predicted octanol–water partition coefficient (Wildman–Crippen LogP) is 3.97. The molecule has 4 atom stereocenters. The van der Waals surface area contributed by atoms with Crippen LogP contribution in [0.1, 0.15) is 50.2 Å². The number of hydrogen-bond acceptors (Lipinski definition) is 7. The Kier molecular flexibility index (Phi) is 11.5. The second-order valence-electron chi connectivity index (χ2n) is 10.8. The van der Waals surface area contributed by atoms with Crippen LogP contribution in [0.4, 0.5) is 0 Å². The number of carbonyl (C=O) groups is 3. The first-order valence-corrected chi connectivity index (χ1v) is 15.3. The summed E-state index contributed by atoms with van der Waals surface area (Å²) in [7, 11) is 1.48. The Hall–Kier alpha value is -2.85. The molecule has 2 heterocycles. The van der Waals surface area contributed by atoms with E-state index in [2.05, 4.69) is 22.3 Å². The monoisotopic (exact) mass is 618 g/mol. The minimum atomic E-state index is -0.859. The number of aryl methyl sites for hydroxylation is 1. The van der Waals surface area contributed by atoms with Crippen LogP contribution in [0.2, 0.25) is 10.0 Å². The fourth-order valence-corrected chi connectivity index (χ4v) is 6.45. The van der Waals surface area contributed by atoms with Gasteiger partial charge in [0.15, 0.2) is 0 Å². The SMILES string of the molecule is CCOC(=O)CC[C@H](C(=O)NCc1ccc(Cl)c(Cl)c1OC)N1CCC(CCc2ccccc2)N2C[C@H](N)C[C@H]2C1=O. The van der Waals surface area contributed by atoms with Gasteiger partial charge >= 0.3 is 5.97 Å². The number of nitrogens with two attached hydrogens (primary N) is 1. The summed E-state index contributed by atoms with van der Waals surface area (Å²) in [6, 6.07) is 12.4. The fraction of sp³-hybridized carbons (Fsp3) is 0.516. The quantitative estimate of drug-likeness (QED) is 0.346. The Morgan fingerprint density at radius 2 is 1.93 bits per heavy atom. The van der Waals surface area contributed by atoms with E-state index < -0.39 is 18.1 Å². The van der Waals surface area contributed by atoms with Gasteiger partial charge in [0, 0.05) is 43.7 Å². The molecule has 3 N–H and O–H groups in total. The highest BCUT2D eigenvalue weighted by molar-refractivity contribution is 6.43. The molecule has 2 fully saturated rings. The average molecular weight is 620 g/mol. The largest absolute Gasteiger partial charge is 0.495 e. The molecule has 228 valence electrons. The molecule has 2 aromatic rings. The van der Waals surface area contributed by atoms with Crippen LogP contribution in [0.5, 0.6) is 5.75 Å². The molecule has 42 heavy (non-hydrogen) atoms. The number of ether oxygens (including phenoxy) is 2. The number of amides is 2. The van der Waals surface area contributed by atoms with Crippen LogP contribution < -0.4 is 15.8 Å². The molecule has 0 radical (unpaired) electrons. The summed E-state index contributed by atoms with van der Waals surface area (Å²) in [5.74, 6) is -0.525. The number of nitrogens with zero attached hydrogens (tertiary/aromatic N) is 2. The zero-order valence-corrected chi connectivity index (χ0v) is 25.7. The van der Waals surface area contributed by atoms with E-state index in [1.165, 1.54) is 12.7 Å². The molecule has 9 nitrogen and oxygen atoms in total. The van der Waals surface area contributed by atoms with Gasteiger partial charge < -0.3 is 25.4 Å². The topological polar surface area (TPSA) is 114 Å². The van der Waals surface area contributed by atoms with Crippen LogP contribution in [0.3, 0.4) is 0 Å². The normalized spacial score (nSPS) is 21.4. The fourth-order valence-electron chi connectivity index (χ4n) is 6.04. The molecule has 11 heteroatoms. The highest BCUT2D eigenvalue weighted by Gasteiger charge is 2.45. The van der Waals surface area contributed by atoms with Gasteiger partial charge in [-0.3, -0.25) is 19.3 Å². The van der Waals surface area contributed by atoms with Crippen molar-refractivity contribution in [3.8, 4) is 5.75 Å². The van der Waals surface area contributed by atoms with E-state index >= 15 is 0 Å². The molecule has 2 aliphatic rings. The van der Waals surface area contributed by atoms with Crippen molar-refractivity contribution < 1.29 is 23.9 Å². The summed E-state index contributed by atoms with van der Waals surface area (Å²) in [4.78, 5) is 44.0. The molecule has 0 bridgehead atoms. The summed E-state index contributed by atoms with van der Waals surface area (Å²) in [6.07, 6.45) is 3.15. The summed E-state index contributed by atoms with van der Waals surface area (Å²) in [5, 5.41) is 3.53. The lowest BCUT2D eigenvalue weighted by Gasteiger charge is -2.32. The highest BCUT2D eigenvalue weighted by atomic mass is 35.5. The van der Waals surface area contributed by atoms with Crippen LogP contribution in [0.25, 0.3) is 0 Å². The number of nitrogens with one attached hydrogen (secondary N) is 1. The molecule has 0 aliphatic carbocycles. The van der Waals surface area contributed by atoms with E-state index in [-0.39, 0.29) is 54.9 Å². The van der Waals surface area contributed by atoms with Crippen molar-refractivity contribution in [3.05, 3.63) is 63.6 Å². The number of rotatable bonds is 12. The smallest absolute Gasteiger partial charge is 0.305 e. The summed E-state index contributed by atoms with van der Waals surface area (Å²) < 4.78 is 10.5. The Bertz CT molecular complexity index is 1250. The lowest BCUT2D eigenvalue weighted by molar-refractivity contribution is -0.147. The maximum absolute atomic E-state index is 14.0. The van der Waals surface area contributed by atoms with Crippen molar-refractivity contribution in [2.24, 2.45) is 5.73 Å². The third kappa shape index (κ3) is 7.75. The Morgan fingerprint density at radius 1 is 1.17 bits per heavy atom. The van der Waals surface area contributed by atoms with Crippen LogP contribution in [-0.4, -0.2) is 78.6 Å². The molecule has 0 spiro atoms. The zero-order valence-electron chi connectivity index (χ0n) is 24.2. The summed E-state index contributed by atoms with van der Waals surface area (Å²) >= 11 is 12.4. The third-order valence-electron chi connectivity index (χ3n) is 8.12. The van der Waals surface area contributed by atoms with Gasteiger partial charge in [0.05, 0.1) is 24.8 Å². The van der Waals surface area contributed by atoms with E-state index in [0.717, 1.165) is 12.8 Å². The van der Waals surface area contributed by atoms with E-state index in [1.54, 1.807) is 24.0 Å². The number of methoxy groups -OCH3 is 1. The number of hydrogen-bond donors (Lipinski definition) is 2. The lowest BCUT2D eigenvalue weighted by Crippen LogP contribution is -2.53. The average Bonchev–Trinajstić information content (AvgIpc) is 3.33. The first-order valence-electron chi connectivity index (χ1n) is 14.5. The minimum absolute atomic E-state index is 0.0110. The standard InChI is InChI=1S/C31H40Cl2N4O5/c1-3-42-27(38)14-13-25(30(39)35-18-21-10-12-24(32)28(33)29(21)41-2)36-16-15-23(11-9-20-7-5-4-6-8-20)37-19-22(34)17-26(37)31(36)40/h4-8,10,12,22-23,25-26H,3,9,11,13-19,34H2,1-2H3,(H,35,39)/t22-,23?,25-,26+/m1/s1. The number of halogens is 2. The van der Waals surface area contributed by atoms with Crippen molar-refractivity contribution >= 4 is 41.0 Å². The zero-order chi connectivity index (χ0) is 30.2. The van der Waals surface area contributed by atoms with Crippen molar-refractivity contribution in [2.75, 3.05) is 26.8 Å². The van der Waals surface area contributed by atoms with Gasteiger partial charge in [-0.25, -0.2) is 0 Å². The first-order chi connectivity index (χ1) is 20.2. The molecule has 1 unspecified atom stereocenters. The van der Waals surface area contributed by atoms with E-state index in [1.807, 2.05) is 18.2 Å². The Morgan fingerprint density at radius 3 is 2.64 bits per heavy atom. The van der Waals surface area contributed by atoms with Gasteiger partial charge in [-0.2, -0.15) is 0 Å². The molecule has 0 saturated carbocycles. The molecule has 4 rings (SSSR count). The molecular formula is C31H40Cl2N4O5. The van der Waals surface area contributed by atoms with Gasteiger partial charge in [-0.15, -0.1) is 0 Å². The molecule has 2 saturated heterocycles. The molecule has 0 aromatic heterocycles. The highest BCUT2D eigenvalue weighted by Crippen LogP contribution is 2.35. The third-order valence-corrected chi connectivity index (χ3v) is 8.90. The maximum Gasteiger partial charge on any atom is 0.305 e. The van der Waals surface area contributed by atoms with Crippen molar-refractivity contribution in [2.45, 2.75) is 76.2 Å². The maximum atomic E-state index is 14.0. The lowest BCUT2D eigenvalue weighted by atomic mass is 10.0. The first kappa shape index (κ1) is 32.1. The number of esters is 1. The number of benzene rings is 2. The van der Waals surface area contributed by atoms with Crippen molar-refractivity contribution in [1.29, 1.82) is 0 Å². The van der Waals surface area contributed by atoms with Crippen LogP contribution in [0.15, 0.2) is 42.5 Å². The van der Waals surface area contributed by atoms with E-state index in [0.29, 0.717) is 42.3 Å². The molecular weight excluding hydrogens is 579 g/mol. The van der Waals surface area contributed by atoms with Crippen LogP contribution in [0, 0.1) is 0 Å². The summed E-state index contributed by atoms with van der Waals surface area (Å²) in [5.41, 5.74) is 8.25. The summed E-state index contributed by atoms with van der Waals surface area (Å²) in [6.45, 7) is 3.13. The van der Waals surface area contributed by atoms with Crippen molar-refractivity contribution in [3.63, 3.8) is 0 Å². The predicted molar refractivity (Wildman–Crippen MR) is 162 cm³/mol. The van der Waals surface area contributed by atoms with Gasteiger partial charge in [-0.1, -0.05) is 59.6 Å². The van der Waals surface area contributed by atoms with Crippen LogP contribution in [-0.2, 0) is 32.1 Å². The van der Waals surface area contributed by atoms with Gasteiger partial charge in [0.25, 0.3) is 0 Å². The van der Waals surface area contributed by atoms with Crippen LogP contribution >= 0.6 is 23.2 Å².